The van der Waals surface area contributed by atoms with Crippen molar-refractivity contribution in [3.8, 4) is 0 Å². The van der Waals surface area contributed by atoms with E-state index in [1.807, 2.05) is 0 Å². The second-order valence-electron chi connectivity index (χ2n) is 4.00. The first-order chi connectivity index (χ1) is 8.56. The highest BCUT2D eigenvalue weighted by Crippen LogP contribution is 2.15. The molecule has 2 aromatic rings. The molecular formula is C14H13NO3. The maximum absolute atomic E-state index is 12.0. The summed E-state index contributed by atoms with van der Waals surface area (Å²) in [5.74, 6) is 0.709. The van der Waals surface area contributed by atoms with Crippen molar-refractivity contribution in [3.63, 3.8) is 0 Å². The van der Waals surface area contributed by atoms with Crippen molar-refractivity contribution >= 4 is 17.4 Å². The fourth-order valence-corrected chi connectivity index (χ4v) is 1.61. The number of hydrogen-bond acceptors (Lipinski definition) is 3. The predicted octanol–water partition coefficient (Wildman–Crippen LogP) is 2.78. The van der Waals surface area contributed by atoms with E-state index in [1.54, 1.807) is 43.3 Å². The molecule has 1 amide bonds. The SMILES string of the molecule is CC(=O)Nc1ccc(C(=O)c2ccc(C)o2)cc1. The minimum absolute atomic E-state index is 0.143. The van der Waals surface area contributed by atoms with Gasteiger partial charge in [0.25, 0.3) is 0 Å². The summed E-state index contributed by atoms with van der Waals surface area (Å²) in [5.41, 5.74) is 1.19. The Hall–Kier alpha value is -2.36. The number of ketones is 1. The number of carbonyl (C=O) groups excluding carboxylic acids is 2. The van der Waals surface area contributed by atoms with Crippen LogP contribution in [0.25, 0.3) is 0 Å². The standard InChI is InChI=1S/C14H13NO3/c1-9-3-8-13(18-9)14(17)11-4-6-12(7-5-11)15-10(2)16/h3-8H,1-2H3,(H,15,16). The number of nitrogens with one attached hydrogen (secondary N) is 1. The summed E-state index contributed by atoms with van der Waals surface area (Å²) in [7, 11) is 0. The van der Waals surface area contributed by atoms with E-state index in [4.69, 9.17) is 4.42 Å². The molecule has 1 aromatic carbocycles. The van der Waals surface area contributed by atoms with Gasteiger partial charge in [0.2, 0.25) is 11.7 Å². The summed E-state index contributed by atoms with van der Waals surface area (Å²) in [4.78, 5) is 22.9. The molecule has 0 bridgehead atoms. The highest BCUT2D eigenvalue weighted by atomic mass is 16.3. The van der Waals surface area contributed by atoms with Gasteiger partial charge in [0, 0.05) is 18.2 Å². The van der Waals surface area contributed by atoms with Gasteiger partial charge < -0.3 is 9.73 Å². The van der Waals surface area contributed by atoms with Crippen molar-refractivity contribution in [2.24, 2.45) is 0 Å². The number of anilines is 1. The van der Waals surface area contributed by atoms with E-state index in [0.29, 0.717) is 22.8 Å². The molecular weight excluding hydrogens is 230 g/mol. The van der Waals surface area contributed by atoms with Gasteiger partial charge in [-0.3, -0.25) is 9.59 Å². The molecule has 2 rings (SSSR count). The van der Waals surface area contributed by atoms with Gasteiger partial charge in [-0.15, -0.1) is 0 Å². The summed E-state index contributed by atoms with van der Waals surface area (Å²) < 4.78 is 5.28. The molecule has 0 aliphatic heterocycles. The monoisotopic (exact) mass is 243 g/mol. The predicted molar refractivity (Wildman–Crippen MR) is 67.6 cm³/mol. The maximum atomic E-state index is 12.0. The van der Waals surface area contributed by atoms with Crippen LogP contribution in [0.1, 0.15) is 28.8 Å². The first-order valence-electron chi connectivity index (χ1n) is 5.55. The number of amides is 1. The number of hydrogen-bond donors (Lipinski definition) is 1. The van der Waals surface area contributed by atoms with E-state index >= 15 is 0 Å². The molecule has 18 heavy (non-hydrogen) atoms. The maximum Gasteiger partial charge on any atom is 0.228 e. The van der Waals surface area contributed by atoms with Gasteiger partial charge in [-0.05, 0) is 43.3 Å². The number of benzene rings is 1. The Kier molecular flexibility index (Phi) is 3.28. The van der Waals surface area contributed by atoms with Crippen molar-refractivity contribution < 1.29 is 14.0 Å². The molecule has 0 radical (unpaired) electrons. The first-order valence-corrected chi connectivity index (χ1v) is 5.55. The third-order valence-corrected chi connectivity index (χ3v) is 2.43. The van der Waals surface area contributed by atoms with Crippen LogP contribution in [0, 0.1) is 6.92 Å². The number of rotatable bonds is 3. The van der Waals surface area contributed by atoms with Crippen LogP contribution in [0.3, 0.4) is 0 Å². The zero-order valence-electron chi connectivity index (χ0n) is 10.2. The van der Waals surface area contributed by atoms with E-state index in [1.165, 1.54) is 6.92 Å². The highest BCUT2D eigenvalue weighted by Gasteiger charge is 2.12. The minimum Gasteiger partial charge on any atom is -0.458 e. The fraction of sp³-hybridized carbons (Fsp3) is 0.143. The Morgan fingerprint density at radius 1 is 1.06 bits per heavy atom. The Morgan fingerprint density at radius 2 is 1.72 bits per heavy atom. The molecule has 1 heterocycles. The molecule has 0 aliphatic rings. The molecule has 0 atom stereocenters. The molecule has 0 saturated carbocycles. The zero-order chi connectivity index (χ0) is 13.1. The van der Waals surface area contributed by atoms with Crippen LogP contribution in [-0.4, -0.2) is 11.7 Å². The van der Waals surface area contributed by atoms with Crippen molar-refractivity contribution in [3.05, 3.63) is 53.5 Å². The van der Waals surface area contributed by atoms with Crippen LogP contribution in [0.5, 0.6) is 0 Å². The van der Waals surface area contributed by atoms with Crippen LogP contribution < -0.4 is 5.32 Å². The fourth-order valence-electron chi connectivity index (χ4n) is 1.61. The minimum atomic E-state index is -0.169. The van der Waals surface area contributed by atoms with Crippen molar-refractivity contribution in [1.82, 2.24) is 0 Å². The molecule has 0 aliphatic carbocycles. The number of furan rings is 1. The lowest BCUT2D eigenvalue weighted by Gasteiger charge is -2.02. The molecule has 0 saturated heterocycles. The lowest BCUT2D eigenvalue weighted by molar-refractivity contribution is -0.114. The summed E-state index contributed by atoms with van der Waals surface area (Å²) in [5, 5.41) is 2.64. The first kappa shape index (κ1) is 12.1. The smallest absolute Gasteiger partial charge is 0.228 e. The number of carbonyl (C=O) groups is 2. The average Bonchev–Trinajstić information content (AvgIpc) is 2.75. The Morgan fingerprint density at radius 3 is 2.22 bits per heavy atom. The van der Waals surface area contributed by atoms with Crippen LogP contribution in [0.15, 0.2) is 40.8 Å². The summed E-state index contributed by atoms with van der Waals surface area (Å²) in [6, 6.07) is 10.1. The van der Waals surface area contributed by atoms with Gasteiger partial charge in [-0.2, -0.15) is 0 Å². The summed E-state index contributed by atoms with van der Waals surface area (Å²) in [6.07, 6.45) is 0. The van der Waals surface area contributed by atoms with Gasteiger partial charge in [0.1, 0.15) is 5.76 Å². The van der Waals surface area contributed by atoms with Crippen LogP contribution in [0.4, 0.5) is 5.69 Å². The average molecular weight is 243 g/mol. The summed E-state index contributed by atoms with van der Waals surface area (Å²) >= 11 is 0. The zero-order valence-corrected chi connectivity index (χ0v) is 10.2. The van der Waals surface area contributed by atoms with Crippen molar-refractivity contribution in [2.75, 3.05) is 5.32 Å². The van der Waals surface area contributed by atoms with Gasteiger partial charge in [-0.25, -0.2) is 0 Å². The number of aryl methyl sites for hydroxylation is 1. The van der Waals surface area contributed by atoms with Gasteiger partial charge in [0.05, 0.1) is 0 Å². The second-order valence-corrected chi connectivity index (χ2v) is 4.00. The topological polar surface area (TPSA) is 59.3 Å². The molecule has 1 N–H and O–H groups in total. The van der Waals surface area contributed by atoms with Crippen molar-refractivity contribution in [1.29, 1.82) is 0 Å². The Balaban J connectivity index is 2.19. The van der Waals surface area contributed by atoms with Gasteiger partial charge >= 0.3 is 0 Å². The van der Waals surface area contributed by atoms with Crippen LogP contribution in [0.2, 0.25) is 0 Å². The van der Waals surface area contributed by atoms with E-state index in [-0.39, 0.29) is 11.7 Å². The van der Waals surface area contributed by atoms with E-state index in [9.17, 15) is 9.59 Å². The highest BCUT2D eigenvalue weighted by molar-refractivity contribution is 6.07. The third-order valence-electron chi connectivity index (χ3n) is 2.43. The lowest BCUT2D eigenvalue weighted by Crippen LogP contribution is -2.06. The molecule has 0 spiro atoms. The van der Waals surface area contributed by atoms with Gasteiger partial charge in [-0.1, -0.05) is 0 Å². The molecule has 0 unspecified atom stereocenters. The normalized spacial score (nSPS) is 10.1. The second kappa shape index (κ2) is 4.87. The van der Waals surface area contributed by atoms with Crippen molar-refractivity contribution in [2.45, 2.75) is 13.8 Å². The summed E-state index contributed by atoms with van der Waals surface area (Å²) in [6.45, 7) is 3.22. The molecule has 4 heteroatoms. The molecule has 1 aromatic heterocycles. The van der Waals surface area contributed by atoms with E-state index in [2.05, 4.69) is 5.32 Å². The van der Waals surface area contributed by atoms with E-state index < -0.39 is 0 Å². The molecule has 92 valence electrons. The third kappa shape index (κ3) is 2.66. The molecule has 0 fully saturated rings. The molecule has 4 nitrogen and oxygen atoms in total. The van der Waals surface area contributed by atoms with Crippen LogP contribution in [-0.2, 0) is 4.79 Å². The van der Waals surface area contributed by atoms with Crippen LogP contribution >= 0.6 is 0 Å². The Labute approximate surface area is 105 Å². The largest absolute Gasteiger partial charge is 0.458 e. The lowest BCUT2D eigenvalue weighted by atomic mass is 10.1. The van der Waals surface area contributed by atoms with E-state index in [0.717, 1.165) is 0 Å². The Bertz CT molecular complexity index is 581. The van der Waals surface area contributed by atoms with Gasteiger partial charge in [0.15, 0.2) is 5.76 Å². The quantitative estimate of drug-likeness (QED) is 0.843.